The zero-order valence-electron chi connectivity index (χ0n) is 16.1. The number of carbonyl (C=O) groups is 1. The predicted octanol–water partition coefficient (Wildman–Crippen LogP) is 3.12. The first kappa shape index (κ1) is 20.2. The lowest BCUT2D eigenvalue weighted by molar-refractivity contribution is -0.121. The average Bonchev–Trinajstić information content (AvgIpc) is 2.70. The molecule has 1 aliphatic rings. The van der Waals surface area contributed by atoms with Crippen molar-refractivity contribution in [1.82, 2.24) is 9.80 Å². The maximum Gasteiger partial charge on any atom is 0.241 e. The van der Waals surface area contributed by atoms with Gasteiger partial charge in [0.05, 0.1) is 18.8 Å². The van der Waals surface area contributed by atoms with Crippen molar-refractivity contribution in [2.75, 3.05) is 38.6 Å². The third-order valence-corrected chi connectivity index (χ3v) is 5.09. The number of para-hydroxylation sites is 1. The van der Waals surface area contributed by atoms with Crippen LogP contribution in [-0.2, 0) is 11.3 Å². The summed E-state index contributed by atoms with van der Waals surface area (Å²) in [6, 6.07) is 10.8. The van der Waals surface area contributed by atoms with E-state index in [1.165, 1.54) is 19.2 Å². The lowest BCUT2D eigenvalue weighted by Gasteiger charge is -2.37. The largest absolute Gasteiger partial charge is 0.494 e. The van der Waals surface area contributed by atoms with E-state index in [9.17, 15) is 13.6 Å². The molecule has 1 aliphatic heterocycles. The van der Waals surface area contributed by atoms with E-state index in [4.69, 9.17) is 4.74 Å². The van der Waals surface area contributed by atoms with Crippen molar-refractivity contribution in [3.63, 3.8) is 0 Å². The second kappa shape index (κ2) is 9.12. The average molecular weight is 389 g/mol. The first-order chi connectivity index (χ1) is 13.5. The Kier molecular flexibility index (Phi) is 6.59. The predicted molar refractivity (Wildman–Crippen MR) is 104 cm³/mol. The second-order valence-corrected chi connectivity index (χ2v) is 6.93. The molecular weight excluding hydrogens is 364 g/mol. The SMILES string of the molecule is COc1ccc(CN2CCN([C@H](C)C(=O)Nc3ccccc3F)CC2)cc1F. The molecule has 0 radical (unpaired) electrons. The van der Waals surface area contributed by atoms with Gasteiger partial charge in [-0.2, -0.15) is 0 Å². The molecule has 3 rings (SSSR count). The molecule has 1 N–H and O–H groups in total. The Morgan fingerprint density at radius 2 is 1.82 bits per heavy atom. The fourth-order valence-electron chi connectivity index (χ4n) is 3.34. The fourth-order valence-corrected chi connectivity index (χ4v) is 3.34. The highest BCUT2D eigenvalue weighted by Gasteiger charge is 2.26. The number of methoxy groups -OCH3 is 1. The first-order valence-corrected chi connectivity index (χ1v) is 9.32. The van der Waals surface area contributed by atoms with Crippen LogP contribution in [0.1, 0.15) is 12.5 Å². The number of ether oxygens (including phenoxy) is 1. The molecule has 0 aliphatic carbocycles. The van der Waals surface area contributed by atoms with Crippen molar-refractivity contribution < 1.29 is 18.3 Å². The normalized spacial score (nSPS) is 16.6. The zero-order valence-corrected chi connectivity index (χ0v) is 16.1. The van der Waals surface area contributed by atoms with Crippen molar-refractivity contribution in [3.05, 3.63) is 59.7 Å². The summed E-state index contributed by atoms with van der Waals surface area (Å²) in [4.78, 5) is 16.7. The van der Waals surface area contributed by atoms with E-state index in [2.05, 4.69) is 15.1 Å². The molecule has 28 heavy (non-hydrogen) atoms. The number of benzene rings is 2. The van der Waals surface area contributed by atoms with Crippen LogP contribution in [0.4, 0.5) is 14.5 Å². The number of amides is 1. The number of carbonyl (C=O) groups excluding carboxylic acids is 1. The highest BCUT2D eigenvalue weighted by molar-refractivity contribution is 5.94. The topological polar surface area (TPSA) is 44.8 Å². The van der Waals surface area contributed by atoms with E-state index in [1.807, 2.05) is 13.0 Å². The molecular formula is C21H25F2N3O2. The molecule has 2 aromatic carbocycles. The number of nitrogens with zero attached hydrogens (tertiary/aromatic N) is 2. The molecule has 0 aromatic heterocycles. The number of halogens is 2. The van der Waals surface area contributed by atoms with Crippen LogP contribution in [0.25, 0.3) is 0 Å². The van der Waals surface area contributed by atoms with Crippen molar-refractivity contribution in [3.8, 4) is 5.75 Å². The maximum atomic E-state index is 13.8. The van der Waals surface area contributed by atoms with Crippen LogP contribution < -0.4 is 10.1 Å². The maximum absolute atomic E-state index is 13.8. The van der Waals surface area contributed by atoms with Gasteiger partial charge in [-0.25, -0.2) is 8.78 Å². The molecule has 1 heterocycles. The Bertz CT molecular complexity index is 823. The summed E-state index contributed by atoms with van der Waals surface area (Å²) in [5.41, 5.74) is 1.08. The van der Waals surface area contributed by atoms with E-state index in [1.54, 1.807) is 24.3 Å². The van der Waals surface area contributed by atoms with Crippen LogP contribution in [0.15, 0.2) is 42.5 Å². The Balaban J connectivity index is 1.51. The van der Waals surface area contributed by atoms with E-state index >= 15 is 0 Å². The van der Waals surface area contributed by atoms with Crippen LogP contribution in [0.3, 0.4) is 0 Å². The van der Waals surface area contributed by atoms with Gasteiger partial charge in [-0.3, -0.25) is 14.6 Å². The minimum absolute atomic E-state index is 0.194. The molecule has 0 bridgehead atoms. The molecule has 1 amide bonds. The third kappa shape index (κ3) is 4.85. The summed E-state index contributed by atoms with van der Waals surface area (Å²) < 4.78 is 32.5. The van der Waals surface area contributed by atoms with Gasteiger partial charge in [0.2, 0.25) is 5.91 Å². The van der Waals surface area contributed by atoms with Gasteiger partial charge in [0, 0.05) is 32.7 Å². The van der Waals surface area contributed by atoms with E-state index in [-0.39, 0.29) is 29.2 Å². The van der Waals surface area contributed by atoms with Crippen LogP contribution in [0.5, 0.6) is 5.75 Å². The number of piperazine rings is 1. The smallest absolute Gasteiger partial charge is 0.241 e. The monoisotopic (exact) mass is 389 g/mol. The molecule has 2 aromatic rings. The molecule has 1 fully saturated rings. The minimum atomic E-state index is -0.445. The van der Waals surface area contributed by atoms with Crippen LogP contribution >= 0.6 is 0 Å². The van der Waals surface area contributed by atoms with Crippen molar-refractivity contribution >= 4 is 11.6 Å². The number of anilines is 1. The quantitative estimate of drug-likeness (QED) is 0.825. The summed E-state index contributed by atoms with van der Waals surface area (Å²) in [6.07, 6.45) is 0. The van der Waals surface area contributed by atoms with Gasteiger partial charge >= 0.3 is 0 Å². The molecule has 0 spiro atoms. The summed E-state index contributed by atoms with van der Waals surface area (Å²) >= 11 is 0. The van der Waals surface area contributed by atoms with E-state index < -0.39 is 5.82 Å². The summed E-state index contributed by atoms with van der Waals surface area (Å²) in [7, 11) is 1.45. The van der Waals surface area contributed by atoms with Crippen molar-refractivity contribution in [2.24, 2.45) is 0 Å². The van der Waals surface area contributed by atoms with E-state index in [0.29, 0.717) is 19.6 Å². The molecule has 150 valence electrons. The van der Waals surface area contributed by atoms with Gasteiger partial charge in [0.25, 0.3) is 0 Å². The van der Waals surface area contributed by atoms with Gasteiger partial charge < -0.3 is 10.1 Å². The van der Waals surface area contributed by atoms with Gasteiger partial charge in [-0.05, 0) is 36.8 Å². The Morgan fingerprint density at radius 3 is 2.46 bits per heavy atom. The summed E-state index contributed by atoms with van der Waals surface area (Å²) in [5, 5.41) is 2.65. The molecule has 0 saturated carbocycles. The lowest BCUT2D eigenvalue weighted by Crippen LogP contribution is -2.52. The minimum Gasteiger partial charge on any atom is -0.494 e. The van der Waals surface area contributed by atoms with Crippen molar-refractivity contribution in [1.29, 1.82) is 0 Å². The number of hydrogen-bond acceptors (Lipinski definition) is 4. The standard InChI is InChI=1S/C21H25F2N3O2/c1-15(21(27)24-19-6-4-3-5-17(19)22)26-11-9-25(10-12-26)14-16-7-8-20(28-2)18(23)13-16/h3-8,13,15H,9-12,14H2,1-2H3,(H,24,27)/t15-/m1/s1. The number of hydrogen-bond donors (Lipinski definition) is 1. The summed E-state index contributed by atoms with van der Waals surface area (Å²) in [5.74, 6) is -0.796. The third-order valence-electron chi connectivity index (χ3n) is 5.09. The first-order valence-electron chi connectivity index (χ1n) is 9.32. The Hall–Kier alpha value is -2.51. The second-order valence-electron chi connectivity index (χ2n) is 6.93. The highest BCUT2D eigenvalue weighted by Crippen LogP contribution is 2.20. The van der Waals surface area contributed by atoms with Crippen LogP contribution in [0, 0.1) is 11.6 Å². The van der Waals surface area contributed by atoms with Gasteiger partial charge in [0.1, 0.15) is 5.82 Å². The Morgan fingerprint density at radius 1 is 1.11 bits per heavy atom. The van der Waals surface area contributed by atoms with Gasteiger partial charge in [0.15, 0.2) is 11.6 Å². The highest BCUT2D eigenvalue weighted by atomic mass is 19.1. The molecule has 1 saturated heterocycles. The molecule has 1 atom stereocenters. The molecule has 7 heteroatoms. The van der Waals surface area contributed by atoms with E-state index in [0.717, 1.165) is 18.7 Å². The van der Waals surface area contributed by atoms with Crippen molar-refractivity contribution in [2.45, 2.75) is 19.5 Å². The van der Waals surface area contributed by atoms with Crippen LogP contribution in [0.2, 0.25) is 0 Å². The molecule has 0 unspecified atom stereocenters. The number of nitrogens with one attached hydrogen (secondary N) is 1. The fraction of sp³-hybridized carbons (Fsp3) is 0.381. The van der Waals surface area contributed by atoms with Crippen LogP contribution in [-0.4, -0.2) is 55.0 Å². The summed E-state index contributed by atoms with van der Waals surface area (Å²) in [6.45, 7) is 5.43. The van der Waals surface area contributed by atoms with Gasteiger partial charge in [-0.1, -0.05) is 18.2 Å². The molecule has 5 nitrogen and oxygen atoms in total. The Labute approximate surface area is 163 Å². The zero-order chi connectivity index (χ0) is 20.1. The number of rotatable bonds is 6. The van der Waals surface area contributed by atoms with Gasteiger partial charge in [-0.15, -0.1) is 0 Å². The lowest BCUT2D eigenvalue weighted by atomic mass is 10.1.